The minimum atomic E-state index is -0.271. The summed E-state index contributed by atoms with van der Waals surface area (Å²) in [5, 5.41) is 8.47. The Balaban J connectivity index is 2.10. The third kappa shape index (κ3) is 3.21. The van der Waals surface area contributed by atoms with E-state index < -0.39 is 0 Å². The molecule has 0 spiro atoms. The zero-order valence-corrected chi connectivity index (χ0v) is 7.50. The van der Waals surface area contributed by atoms with Crippen LogP contribution in [-0.4, -0.2) is 30.6 Å². The molecule has 0 aliphatic carbocycles. The smallest absolute Gasteiger partial charge is 0.0940 e. The maximum absolute atomic E-state index is 8.47. The van der Waals surface area contributed by atoms with E-state index in [2.05, 4.69) is 11.0 Å². The van der Waals surface area contributed by atoms with Gasteiger partial charge in [0.1, 0.15) is 0 Å². The summed E-state index contributed by atoms with van der Waals surface area (Å²) in [6.45, 7) is 3.38. The van der Waals surface area contributed by atoms with E-state index in [1.54, 1.807) is 0 Å². The Labute approximate surface area is 74.1 Å². The summed E-state index contributed by atoms with van der Waals surface area (Å²) in [5.41, 5.74) is 5.50. The van der Waals surface area contributed by atoms with E-state index in [0.29, 0.717) is 0 Å². The van der Waals surface area contributed by atoms with Crippen molar-refractivity contribution in [2.24, 2.45) is 5.73 Å². The number of piperidine rings is 1. The van der Waals surface area contributed by atoms with Crippen molar-refractivity contribution in [2.75, 3.05) is 19.6 Å². The molecule has 1 saturated heterocycles. The van der Waals surface area contributed by atoms with Gasteiger partial charge in [-0.3, -0.25) is 0 Å². The molecule has 0 aromatic carbocycles. The lowest BCUT2D eigenvalue weighted by Gasteiger charge is -2.26. The van der Waals surface area contributed by atoms with E-state index in [4.69, 9.17) is 11.0 Å². The van der Waals surface area contributed by atoms with Crippen LogP contribution in [0.4, 0.5) is 0 Å². The highest BCUT2D eigenvalue weighted by Gasteiger charge is 2.10. The Morgan fingerprint density at radius 3 is 2.58 bits per heavy atom. The third-order valence-electron chi connectivity index (χ3n) is 2.37. The molecule has 0 radical (unpaired) electrons. The Morgan fingerprint density at radius 1 is 1.33 bits per heavy atom. The first kappa shape index (κ1) is 9.50. The van der Waals surface area contributed by atoms with Crippen LogP contribution < -0.4 is 5.73 Å². The van der Waals surface area contributed by atoms with Gasteiger partial charge in [-0.15, -0.1) is 0 Å². The highest BCUT2D eigenvalue weighted by Crippen LogP contribution is 2.08. The lowest BCUT2D eigenvalue weighted by Crippen LogP contribution is -2.33. The summed E-state index contributed by atoms with van der Waals surface area (Å²) < 4.78 is 0. The number of likely N-dealkylation sites (tertiary alicyclic amines) is 1. The molecule has 68 valence electrons. The van der Waals surface area contributed by atoms with Gasteiger partial charge in [-0.05, 0) is 32.4 Å². The average Bonchev–Trinajstić information content (AvgIpc) is 2.16. The van der Waals surface area contributed by atoms with Crippen LogP contribution in [-0.2, 0) is 0 Å². The fourth-order valence-electron chi connectivity index (χ4n) is 1.57. The van der Waals surface area contributed by atoms with Crippen LogP contribution >= 0.6 is 0 Å². The molecule has 1 atom stereocenters. The Kier molecular flexibility index (Phi) is 4.06. The van der Waals surface area contributed by atoms with Gasteiger partial charge in [0.15, 0.2) is 0 Å². The van der Waals surface area contributed by atoms with Gasteiger partial charge >= 0.3 is 0 Å². The van der Waals surface area contributed by atoms with Crippen LogP contribution in [0.25, 0.3) is 0 Å². The number of nitrogens with zero attached hydrogens (tertiary/aromatic N) is 2. The van der Waals surface area contributed by atoms with Gasteiger partial charge in [0.05, 0.1) is 12.1 Å². The number of nitrogens with two attached hydrogens (primary N) is 1. The molecule has 1 heterocycles. The minimum Gasteiger partial charge on any atom is -0.316 e. The maximum atomic E-state index is 8.47. The number of nitriles is 1. The Hall–Kier alpha value is -0.590. The van der Waals surface area contributed by atoms with Gasteiger partial charge < -0.3 is 10.6 Å². The van der Waals surface area contributed by atoms with Gasteiger partial charge in [0, 0.05) is 6.54 Å². The molecule has 12 heavy (non-hydrogen) atoms. The Bertz CT molecular complexity index is 156. The predicted molar refractivity (Wildman–Crippen MR) is 48.5 cm³/mol. The van der Waals surface area contributed by atoms with Crippen molar-refractivity contribution in [3.8, 4) is 6.07 Å². The first-order chi connectivity index (χ1) is 5.83. The highest BCUT2D eigenvalue weighted by molar-refractivity contribution is 4.87. The number of rotatable bonds is 3. The second-order valence-electron chi connectivity index (χ2n) is 3.43. The van der Waals surface area contributed by atoms with Crippen molar-refractivity contribution in [3.05, 3.63) is 0 Å². The zero-order chi connectivity index (χ0) is 8.81. The molecule has 1 aliphatic rings. The summed E-state index contributed by atoms with van der Waals surface area (Å²) in [7, 11) is 0. The van der Waals surface area contributed by atoms with E-state index in [1.165, 1.54) is 32.4 Å². The zero-order valence-electron chi connectivity index (χ0n) is 7.50. The van der Waals surface area contributed by atoms with Gasteiger partial charge in [-0.1, -0.05) is 6.42 Å². The SMILES string of the molecule is N#CC(N)CCN1CCCCC1. The molecule has 0 saturated carbocycles. The molecule has 1 fully saturated rings. The topological polar surface area (TPSA) is 53.1 Å². The quantitative estimate of drug-likeness (QED) is 0.673. The van der Waals surface area contributed by atoms with Gasteiger partial charge in [0.2, 0.25) is 0 Å². The summed E-state index contributed by atoms with van der Waals surface area (Å²) in [6.07, 6.45) is 4.79. The summed E-state index contributed by atoms with van der Waals surface area (Å²) in [4.78, 5) is 2.40. The number of hydrogen-bond donors (Lipinski definition) is 1. The molecule has 0 aromatic heterocycles. The van der Waals surface area contributed by atoms with Crippen LogP contribution in [0.2, 0.25) is 0 Å². The van der Waals surface area contributed by atoms with Gasteiger partial charge in [0.25, 0.3) is 0 Å². The van der Waals surface area contributed by atoms with Crippen molar-refractivity contribution >= 4 is 0 Å². The summed E-state index contributed by atoms with van der Waals surface area (Å²) >= 11 is 0. The molecule has 0 amide bonds. The number of hydrogen-bond acceptors (Lipinski definition) is 3. The van der Waals surface area contributed by atoms with E-state index in [9.17, 15) is 0 Å². The monoisotopic (exact) mass is 167 g/mol. The van der Waals surface area contributed by atoms with Crippen molar-refractivity contribution in [1.82, 2.24) is 4.90 Å². The maximum Gasteiger partial charge on any atom is 0.0940 e. The standard InChI is InChI=1S/C9H17N3/c10-8-9(11)4-7-12-5-2-1-3-6-12/h9H,1-7,11H2. The third-order valence-corrected chi connectivity index (χ3v) is 2.37. The van der Waals surface area contributed by atoms with Crippen molar-refractivity contribution < 1.29 is 0 Å². The molecular weight excluding hydrogens is 150 g/mol. The van der Waals surface area contributed by atoms with Crippen molar-refractivity contribution in [2.45, 2.75) is 31.7 Å². The molecular formula is C9H17N3. The van der Waals surface area contributed by atoms with E-state index in [1.807, 2.05) is 0 Å². The largest absolute Gasteiger partial charge is 0.316 e. The first-order valence-corrected chi connectivity index (χ1v) is 4.70. The van der Waals surface area contributed by atoms with Crippen LogP contribution in [0, 0.1) is 11.3 Å². The second kappa shape index (κ2) is 5.13. The van der Waals surface area contributed by atoms with Crippen LogP contribution in [0.1, 0.15) is 25.7 Å². The lowest BCUT2D eigenvalue weighted by atomic mass is 10.1. The van der Waals surface area contributed by atoms with Gasteiger partial charge in [-0.2, -0.15) is 5.26 Å². The predicted octanol–water partition coefficient (Wildman–Crippen LogP) is 0.713. The summed E-state index contributed by atoms with van der Waals surface area (Å²) in [6, 6.07) is 1.78. The van der Waals surface area contributed by atoms with Crippen LogP contribution in [0.15, 0.2) is 0 Å². The molecule has 2 N–H and O–H groups in total. The van der Waals surface area contributed by atoms with E-state index in [-0.39, 0.29) is 6.04 Å². The molecule has 3 nitrogen and oxygen atoms in total. The second-order valence-corrected chi connectivity index (χ2v) is 3.43. The van der Waals surface area contributed by atoms with Crippen molar-refractivity contribution in [1.29, 1.82) is 5.26 Å². The molecule has 1 unspecified atom stereocenters. The molecule has 1 rings (SSSR count). The molecule has 0 aromatic rings. The molecule has 3 heteroatoms. The highest BCUT2D eigenvalue weighted by atomic mass is 15.1. The summed E-state index contributed by atoms with van der Waals surface area (Å²) in [5.74, 6) is 0. The Morgan fingerprint density at radius 2 is 2.00 bits per heavy atom. The van der Waals surface area contributed by atoms with E-state index >= 15 is 0 Å². The average molecular weight is 167 g/mol. The minimum absolute atomic E-state index is 0.271. The van der Waals surface area contributed by atoms with Gasteiger partial charge in [-0.25, -0.2) is 0 Å². The normalized spacial score (nSPS) is 21.7. The molecule has 1 aliphatic heterocycles. The fraction of sp³-hybridized carbons (Fsp3) is 0.889. The van der Waals surface area contributed by atoms with Crippen LogP contribution in [0.5, 0.6) is 0 Å². The van der Waals surface area contributed by atoms with Crippen molar-refractivity contribution in [3.63, 3.8) is 0 Å². The molecule has 0 bridgehead atoms. The fourth-order valence-corrected chi connectivity index (χ4v) is 1.57. The van der Waals surface area contributed by atoms with Crippen LogP contribution in [0.3, 0.4) is 0 Å². The lowest BCUT2D eigenvalue weighted by molar-refractivity contribution is 0.224. The first-order valence-electron chi connectivity index (χ1n) is 4.70. The van der Waals surface area contributed by atoms with E-state index in [0.717, 1.165) is 13.0 Å².